The Morgan fingerprint density at radius 2 is 1.44 bits per heavy atom. The van der Waals surface area contributed by atoms with Crippen LogP contribution in [0.3, 0.4) is 0 Å². The highest BCUT2D eigenvalue weighted by molar-refractivity contribution is 6.74. The number of aryl methyl sites for hydroxylation is 2. The molecule has 1 aromatic carbocycles. The van der Waals surface area contributed by atoms with Crippen molar-refractivity contribution >= 4 is 12.3 Å². The zero-order valence-electron chi connectivity index (χ0n) is 11.8. The summed E-state index contributed by atoms with van der Waals surface area (Å²) < 4.78 is 0. The quantitative estimate of drug-likeness (QED) is 0.688. The average molecular weight is 217 g/mol. The van der Waals surface area contributed by atoms with Gasteiger partial charge in [-0.05, 0) is 33.3 Å². The summed E-state index contributed by atoms with van der Waals surface area (Å²) in [5.41, 5.74) is 4.28. The van der Waals surface area contributed by atoms with Crippen LogP contribution in [0.1, 0.15) is 31.9 Å². The summed E-state index contributed by atoms with van der Waals surface area (Å²) in [6.07, 6.45) is 0. The fraction of sp³-hybridized carbons (Fsp3) is 0.571. The molecule has 1 aromatic rings. The highest BCUT2D eigenvalue weighted by Gasteiger charge is 2.34. The van der Waals surface area contributed by atoms with Crippen LogP contribution in [-0.2, 0) is 0 Å². The summed E-state index contributed by atoms with van der Waals surface area (Å²) in [4.78, 5) is 2.33. The van der Waals surface area contributed by atoms with Crippen molar-refractivity contribution in [2.75, 3.05) is 14.1 Å². The van der Waals surface area contributed by atoms with Gasteiger partial charge in [0.2, 0.25) is 0 Å². The first-order valence-electron chi connectivity index (χ1n) is 5.97. The molecule has 0 spiro atoms. The zero-order valence-corrected chi connectivity index (χ0v) is 11.8. The van der Waals surface area contributed by atoms with Gasteiger partial charge in [0.1, 0.15) is 0 Å². The van der Waals surface area contributed by atoms with Crippen molar-refractivity contribution in [1.82, 2.24) is 4.81 Å². The minimum Gasteiger partial charge on any atom is -0.343 e. The smallest absolute Gasteiger partial charge is 0.263 e. The van der Waals surface area contributed by atoms with Gasteiger partial charge in [-0.1, -0.05) is 55.6 Å². The molecule has 0 atom stereocenters. The van der Waals surface area contributed by atoms with Crippen molar-refractivity contribution in [2.24, 2.45) is 0 Å². The van der Waals surface area contributed by atoms with Crippen molar-refractivity contribution in [1.29, 1.82) is 0 Å². The van der Waals surface area contributed by atoms with Crippen LogP contribution >= 0.6 is 0 Å². The van der Waals surface area contributed by atoms with Crippen molar-refractivity contribution in [3.05, 3.63) is 29.3 Å². The van der Waals surface area contributed by atoms with Gasteiger partial charge >= 0.3 is 0 Å². The third-order valence-corrected chi connectivity index (χ3v) is 3.15. The largest absolute Gasteiger partial charge is 0.343 e. The standard InChI is InChI=1S/C14H24BN/c1-11-9-8-10-12(2)13(11)15(16(6)7)14(3,4)5/h8-10H,1-7H3. The highest BCUT2D eigenvalue weighted by Crippen LogP contribution is 2.28. The van der Waals surface area contributed by atoms with E-state index in [0.29, 0.717) is 6.85 Å². The SMILES string of the molecule is Cc1cccc(C)c1B(N(C)C)C(C)(C)C. The Hall–Kier alpha value is -0.755. The Bertz CT molecular complexity index is 343. The molecule has 0 aliphatic heterocycles. The van der Waals surface area contributed by atoms with Crippen molar-refractivity contribution in [3.63, 3.8) is 0 Å². The van der Waals surface area contributed by atoms with Crippen LogP contribution in [0.4, 0.5) is 0 Å². The summed E-state index contributed by atoms with van der Waals surface area (Å²) in [5, 5.41) is 0.250. The first-order chi connectivity index (χ1) is 7.25. The van der Waals surface area contributed by atoms with E-state index in [9.17, 15) is 0 Å². The highest BCUT2D eigenvalue weighted by atomic mass is 15.0. The van der Waals surface area contributed by atoms with E-state index in [-0.39, 0.29) is 5.31 Å². The molecule has 0 aliphatic rings. The van der Waals surface area contributed by atoms with Gasteiger partial charge in [-0.3, -0.25) is 0 Å². The second-order valence-electron chi connectivity index (χ2n) is 6.04. The normalized spacial score (nSPS) is 12.0. The maximum absolute atomic E-state index is 2.33. The second-order valence-corrected chi connectivity index (χ2v) is 6.04. The van der Waals surface area contributed by atoms with E-state index in [1.165, 1.54) is 16.6 Å². The van der Waals surface area contributed by atoms with Crippen molar-refractivity contribution in [3.8, 4) is 0 Å². The van der Waals surface area contributed by atoms with Crippen LogP contribution in [0.5, 0.6) is 0 Å². The van der Waals surface area contributed by atoms with Gasteiger partial charge in [-0.25, -0.2) is 0 Å². The minimum absolute atomic E-state index is 0.250. The molecule has 16 heavy (non-hydrogen) atoms. The fourth-order valence-corrected chi connectivity index (χ4v) is 2.72. The molecule has 0 N–H and O–H groups in total. The van der Waals surface area contributed by atoms with Crippen LogP contribution in [0.15, 0.2) is 18.2 Å². The molecule has 0 saturated carbocycles. The lowest BCUT2D eigenvalue weighted by Gasteiger charge is -2.34. The van der Waals surface area contributed by atoms with Gasteiger partial charge in [0, 0.05) is 0 Å². The minimum atomic E-state index is 0.250. The zero-order chi connectivity index (χ0) is 12.5. The van der Waals surface area contributed by atoms with E-state index in [1.54, 1.807) is 0 Å². The maximum Gasteiger partial charge on any atom is 0.263 e. The Kier molecular flexibility index (Phi) is 3.85. The predicted octanol–water partition coefficient (Wildman–Crippen LogP) is 2.86. The molecule has 1 rings (SSSR count). The van der Waals surface area contributed by atoms with Gasteiger partial charge in [0.05, 0.1) is 0 Å². The van der Waals surface area contributed by atoms with E-state index < -0.39 is 0 Å². The predicted molar refractivity (Wildman–Crippen MR) is 74.7 cm³/mol. The molecule has 2 heteroatoms. The molecule has 1 nitrogen and oxygen atoms in total. The van der Waals surface area contributed by atoms with Gasteiger partial charge in [0.25, 0.3) is 6.85 Å². The lowest BCUT2D eigenvalue weighted by atomic mass is 9.38. The van der Waals surface area contributed by atoms with Crippen molar-refractivity contribution < 1.29 is 0 Å². The molecule has 0 unspecified atom stereocenters. The van der Waals surface area contributed by atoms with Gasteiger partial charge in [-0.15, -0.1) is 0 Å². The topological polar surface area (TPSA) is 3.24 Å². The number of hydrogen-bond donors (Lipinski definition) is 0. The summed E-state index contributed by atoms with van der Waals surface area (Å²) in [7, 11) is 4.34. The van der Waals surface area contributed by atoms with E-state index in [0.717, 1.165) is 0 Å². The summed E-state index contributed by atoms with van der Waals surface area (Å²) in [5.74, 6) is 0. The maximum atomic E-state index is 2.33. The third kappa shape index (κ3) is 2.68. The summed E-state index contributed by atoms with van der Waals surface area (Å²) in [6.45, 7) is 11.8. The summed E-state index contributed by atoms with van der Waals surface area (Å²) >= 11 is 0. The Labute approximate surface area is 101 Å². The first-order valence-corrected chi connectivity index (χ1v) is 5.97. The Morgan fingerprint density at radius 3 is 1.75 bits per heavy atom. The van der Waals surface area contributed by atoms with Gasteiger partial charge in [-0.2, -0.15) is 0 Å². The molecule has 0 aromatic heterocycles. The van der Waals surface area contributed by atoms with Crippen LogP contribution < -0.4 is 5.46 Å². The molecule has 0 saturated heterocycles. The number of hydrogen-bond acceptors (Lipinski definition) is 1. The number of rotatable bonds is 2. The molecule has 0 bridgehead atoms. The van der Waals surface area contributed by atoms with E-state index in [2.05, 4.69) is 71.7 Å². The molecule has 0 radical (unpaired) electrons. The molecule has 0 aliphatic carbocycles. The molecule has 0 fully saturated rings. The molecule has 0 amide bonds. The second kappa shape index (κ2) is 4.62. The first kappa shape index (κ1) is 13.3. The van der Waals surface area contributed by atoms with Gasteiger partial charge < -0.3 is 4.81 Å². The van der Waals surface area contributed by atoms with Crippen LogP contribution in [-0.4, -0.2) is 25.8 Å². The molecular formula is C14H24BN. The van der Waals surface area contributed by atoms with Gasteiger partial charge in [0.15, 0.2) is 0 Å². The van der Waals surface area contributed by atoms with Crippen LogP contribution in [0, 0.1) is 13.8 Å². The summed E-state index contributed by atoms with van der Waals surface area (Å²) in [6, 6.07) is 6.57. The average Bonchev–Trinajstić information content (AvgIpc) is 2.08. The fourth-order valence-electron chi connectivity index (χ4n) is 2.72. The molecular weight excluding hydrogens is 193 g/mol. The Balaban J connectivity index is 3.33. The van der Waals surface area contributed by atoms with E-state index in [1.807, 2.05) is 0 Å². The van der Waals surface area contributed by atoms with E-state index in [4.69, 9.17) is 0 Å². The van der Waals surface area contributed by atoms with Crippen LogP contribution in [0.25, 0.3) is 0 Å². The lowest BCUT2D eigenvalue weighted by molar-refractivity contribution is 0.584. The third-order valence-electron chi connectivity index (χ3n) is 3.15. The monoisotopic (exact) mass is 217 g/mol. The Morgan fingerprint density at radius 1 is 1.00 bits per heavy atom. The van der Waals surface area contributed by atoms with E-state index >= 15 is 0 Å². The van der Waals surface area contributed by atoms with Crippen LogP contribution in [0.2, 0.25) is 5.31 Å². The van der Waals surface area contributed by atoms with Crippen molar-refractivity contribution in [2.45, 2.75) is 39.9 Å². The molecule has 0 heterocycles. The molecule has 88 valence electrons. The number of benzene rings is 1. The number of nitrogens with zero attached hydrogens (tertiary/aromatic N) is 1. The lowest BCUT2D eigenvalue weighted by Crippen LogP contribution is -2.52.